The third-order valence-electron chi connectivity index (χ3n) is 1.90. The van der Waals surface area contributed by atoms with Crippen molar-refractivity contribution in [1.82, 2.24) is 9.97 Å². The number of fused-ring (bicyclic) bond motifs is 1. The number of rotatable bonds is 0. The van der Waals surface area contributed by atoms with Crippen LogP contribution in [0.2, 0.25) is 0 Å². The molecule has 0 radical (unpaired) electrons. The first-order valence-corrected chi connectivity index (χ1v) is 3.84. The van der Waals surface area contributed by atoms with Crippen LogP contribution in [0.4, 0.5) is 0 Å². The fourth-order valence-electron chi connectivity index (χ4n) is 1.30. The van der Waals surface area contributed by atoms with E-state index in [1.165, 1.54) is 0 Å². The minimum atomic E-state index is 0.610. The zero-order chi connectivity index (χ0) is 7.68. The summed E-state index contributed by atoms with van der Waals surface area (Å²) in [5.74, 6) is 0.610. The van der Waals surface area contributed by atoms with Crippen molar-refractivity contribution in [2.75, 3.05) is 0 Å². The summed E-state index contributed by atoms with van der Waals surface area (Å²) in [6.07, 6.45) is 8.75. The van der Waals surface area contributed by atoms with Crippen LogP contribution in [0.1, 0.15) is 18.3 Å². The maximum absolute atomic E-state index is 4.26. The Labute approximate surface area is 66.0 Å². The molecule has 1 aliphatic carbocycles. The van der Waals surface area contributed by atoms with Crippen LogP contribution in [0.15, 0.2) is 18.5 Å². The first-order chi connectivity index (χ1) is 5.36. The molecule has 2 nitrogen and oxygen atoms in total. The maximum atomic E-state index is 4.26. The molecule has 1 aliphatic rings. The molecule has 1 heterocycles. The molecule has 0 bridgehead atoms. The van der Waals surface area contributed by atoms with Gasteiger partial charge in [0.05, 0.1) is 11.4 Å². The Balaban J connectivity index is 2.46. The molecule has 0 N–H and O–H groups in total. The van der Waals surface area contributed by atoms with Gasteiger partial charge in [0.25, 0.3) is 0 Å². The van der Waals surface area contributed by atoms with Crippen LogP contribution in [0.5, 0.6) is 0 Å². The van der Waals surface area contributed by atoms with Gasteiger partial charge in [-0.05, 0) is 18.4 Å². The Morgan fingerprint density at radius 1 is 1.36 bits per heavy atom. The van der Waals surface area contributed by atoms with Gasteiger partial charge in [-0.15, -0.1) is 0 Å². The molecule has 0 aliphatic heterocycles. The van der Waals surface area contributed by atoms with E-state index in [1.54, 1.807) is 12.4 Å². The van der Waals surface area contributed by atoms with E-state index in [0.29, 0.717) is 5.92 Å². The Hall–Kier alpha value is -1.18. The lowest BCUT2D eigenvalue weighted by Crippen LogP contribution is -2.06. The zero-order valence-electron chi connectivity index (χ0n) is 6.49. The second-order valence-corrected chi connectivity index (χ2v) is 2.93. The van der Waals surface area contributed by atoms with E-state index < -0.39 is 0 Å². The molecule has 0 aromatic carbocycles. The second kappa shape index (κ2) is 2.46. The smallest absolute Gasteiger partial charge is 0.0842 e. The molecule has 0 saturated heterocycles. The highest BCUT2D eigenvalue weighted by molar-refractivity contribution is 5.49. The van der Waals surface area contributed by atoms with Gasteiger partial charge in [0.15, 0.2) is 0 Å². The number of aromatic nitrogens is 2. The first kappa shape index (κ1) is 6.53. The van der Waals surface area contributed by atoms with Crippen molar-refractivity contribution in [3.05, 3.63) is 29.9 Å². The van der Waals surface area contributed by atoms with Gasteiger partial charge in [0.1, 0.15) is 0 Å². The molecule has 0 amide bonds. The number of allylic oxidation sites excluding steroid dienone is 1. The fraction of sp³-hybridized carbons (Fsp3) is 0.333. The average Bonchev–Trinajstić information content (AvgIpc) is 2.04. The zero-order valence-corrected chi connectivity index (χ0v) is 6.49. The van der Waals surface area contributed by atoms with E-state index in [0.717, 1.165) is 17.8 Å². The number of hydrogen-bond donors (Lipinski definition) is 0. The van der Waals surface area contributed by atoms with Gasteiger partial charge in [-0.3, -0.25) is 9.97 Å². The normalized spacial score (nSPS) is 21.4. The molecule has 0 saturated carbocycles. The molecule has 0 fully saturated rings. The van der Waals surface area contributed by atoms with Crippen molar-refractivity contribution >= 4 is 6.08 Å². The fourth-order valence-corrected chi connectivity index (χ4v) is 1.30. The molecular formula is C9H10N2. The van der Waals surface area contributed by atoms with E-state index >= 15 is 0 Å². The van der Waals surface area contributed by atoms with Crippen LogP contribution in [-0.2, 0) is 6.42 Å². The van der Waals surface area contributed by atoms with Crippen LogP contribution in [-0.4, -0.2) is 9.97 Å². The van der Waals surface area contributed by atoms with Crippen molar-refractivity contribution in [3.8, 4) is 0 Å². The summed E-state index contributed by atoms with van der Waals surface area (Å²) in [7, 11) is 0. The number of hydrogen-bond acceptors (Lipinski definition) is 2. The summed E-state index contributed by atoms with van der Waals surface area (Å²) >= 11 is 0. The van der Waals surface area contributed by atoms with Crippen LogP contribution >= 0.6 is 0 Å². The Bertz CT molecular complexity index is 291. The third-order valence-corrected chi connectivity index (χ3v) is 1.90. The minimum absolute atomic E-state index is 0.610. The summed E-state index contributed by atoms with van der Waals surface area (Å²) in [5, 5.41) is 0. The predicted octanol–water partition coefficient (Wildman–Crippen LogP) is 1.68. The summed E-state index contributed by atoms with van der Waals surface area (Å²) in [4.78, 5) is 8.46. The van der Waals surface area contributed by atoms with Crippen LogP contribution < -0.4 is 0 Å². The molecule has 1 aromatic rings. The average molecular weight is 146 g/mol. The van der Waals surface area contributed by atoms with E-state index in [9.17, 15) is 0 Å². The Kier molecular flexibility index (Phi) is 1.46. The summed E-state index contributed by atoms with van der Waals surface area (Å²) in [6, 6.07) is 0. The lowest BCUT2D eigenvalue weighted by Gasteiger charge is -2.12. The van der Waals surface area contributed by atoms with Gasteiger partial charge in [0.2, 0.25) is 0 Å². The molecule has 56 valence electrons. The number of nitrogens with zero attached hydrogens (tertiary/aromatic N) is 2. The Morgan fingerprint density at radius 2 is 2.18 bits per heavy atom. The largest absolute Gasteiger partial charge is 0.257 e. The van der Waals surface area contributed by atoms with Gasteiger partial charge in [0, 0.05) is 12.4 Å². The van der Waals surface area contributed by atoms with Gasteiger partial charge >= 0.3 is 0 Å². The minimum Gasteiger partial charge on any atom is -0.257 e. The lowest BCUT2D eigenvalue weighted by molar-refractivity contribution is 0.693. The molecule has 11 heavy (non-hydrogen) atoms. The monoisotopic (exact) mass is 146 g/mol. The molecule has 0 spiro atoms. The Morgan fingerprint density at radius 3 is 3.09 bits per heavy atom. The van der Waals surface area contributed by atoms with Crippen LogP contribution in [0.25, 0.3) is 6.08 Å². The summed E-state index contributed by atoms with van der Waals surface area (Å²) in [6.45, 7) is 2.19. The first-order valence-electron chi connectivity index (χ1n) is 3.84. The molecule has 1 aromatic heterocycles. The maximum Gasteiger partial charge on any atom is 0.0842 e. The van der Waals surface area contributed by atoms with E-state index in [1.807, 2.05) is 0 Å². The quantitative estimate of drug-likeness (QED) is 0.556. The lowest BCUT2D eigenvalue weighted by atomic mass is 9.98. The molecule has 2 heteroatoms. The van der Waals surface area contributed by atoms with Gasteiger partial charge in [-0.2, -0.15) is 0 Å². The second-order valence-electron chi connectivity index (χ2n) is 2.93. The van der Waals surface area contributed by atoms with Crippen molar-refractivity contribution in [1.29, 1.82) is 0 Å². The molecule has 0 unspecified atom stereocenters. The highest BCUT2D eigenvalue weighted by Crippen LogP contribution is 2.17. The van der Waals surface area contributed by atoms with Crippen LogP contribution in [0.3, 0.4) is 0 Å². The van der Waals surface area contributed by atoms with Crippen molar-refractivity contribution < 1.29 is 0 Å². The van der Waals surface area contributed by atoms with Gasteiger partial charge in [-0.1, -0.05) is 13.0 Å². The van der Waals surface area contributed by atoms with Gasteiger partial charge in [-0.25, -0.2) is 0 Å². The van der Waals surface area contributed by atoms with E-state index in [-0.39, 0.29) is 0 Å². The highest BCUT2D eigenvalue weighted by atomic mass is 14.8. The van der Waals surface area contributed by atoms with Crippen molar-refractivity contribution in [2.45, 2.75) is 13.3 Å². The molecule has 2 rings (SSSR count). The topological polar surface area (TPSA) is 25.8 Å². The van der Waals surface area contributed by atoms with Crippen molar-refractivity contribution in [2.24, 2.45) is 5.92 Å². The van der Waals surface area contributed by atoms with Crippen LogP contribution in [0, 0.1) is 5.92 Å². The predicted molar refractivity (Wildman–Crippen MR) is 43.9 cm³/mol. The van der Waals surface area contributed by atoms with Gasteiger partial charge < -0.3 is 0 Å². The van der Waals surface area contributed by atoms with Crippen molar-refractivity contribution in [3.63, 3.8) is 0 Å². The molecular weight excluding hydrogens is 136 g/mol. The van der Waals surface area contributed by atoms with E-state index in [4.69, 9.17) is 0 Å². The van der Waals surface area contributed by atoms with E-state index in [2.05, 4.69) is 29.0 Å². The molecule has 1 atom stereocenters. The highest BCUT2D eigenvalue weighted by Gasteiger charge is 2.10. The standard InChI is InChI=1S/C9H10N2/c1-7-2-3-8-9(6-7)11-5-4-10-8/h2-5,7H,6H2,1H3/t7-/m1/s1. The SMILES string of the molecule is C[C@@H]1C=Cc2nccnc2C1. The summed E-state index contributed by atoms with van der Waals surface area (Å²) in [5.41, 5.74) is 2.16. The summed E-state index contributed by atoms with van der Waals surface area (Å²) < 4.78 is 0. The third kappa shape index (κ3) is 1.16.